The molecule has 0 aliphatic heterocycles. The van der Waals surface area contributed by atoms with Crippen LogP contribution in [0, 0.1) is 0 Å². The first-order valence-corrected chi connectivity index (χ1v) is 21.7. The lowest BCUT2D eigenvalue weighted by molar-refractivity contribution is -0.889. The summed E-state index contributed by atoms with van der Waals surface area (Å²) in [5.41, 5.74) is 0. The molecule has 0 radical (unpaired) electrons. The number of carboxylic acid groups (broad SMARTS) is 1. The largest absolute Gasteiger partial charge is 0.544 e. The van der Waals surface area contributed by atoms with Crippen LogP contribution in [-0.4, -0.2) is 75.5 Å². The molecule has 52 heavy (non-hydrogen) atoms. The van der Waals surface area contributed by atoms with Crippen molar-refractivity contribution in [1.82, 2.24) is 0 Å². The van der Waals surface area contributed by atoms with Crippen LogP contribution in [0.15, 0.2) is 12.2 Å². The van der Waals surface area contributed by atoms with E-state index >= 15 is 0 Å². The highest BCUT2D eigenvalue weighted by Crippen LogP contribution is 2.14. The third-order valence-electron chi connectivity index (χ3n) is 9.90. The van der Waals surface area contributed by atoms with Crippen LogP contribution >= 0.6 is 0 Å². The van der Waals surface area contributed by atoms with E-state index in [1.54, 1.807) is 21.1 Å². The van der Waals surface area contributed by atoms with Gasteiger partial charge in [0.15, 0.2) is 6.10 Å². The zero-order valence-corrected chi connectivity index (χ0v) is 34.7. The molecule has 0 saturated heterocycles. The average molecular weight is 738 g/mol. The van der Waals surface area contributed by atoms with Crippen molar-refractivity contribution in [2.75, 3.05) is 41.0 Å². The molecule has 0 fully saturated rings. The van der Waals surface area contributed by atoms with E-state index in [0.29, 0.717) is 12.8 Å². The van der Waals surface area contributed by atoms with E-state index < -0.39 is 18.1 Å². The van der Waals surface area contributed by atoms with Crippen LogP contribution in [0.3, 0.4) is 0 Å². The predicted molar refractivity (Wildman–Crippen MR) is 213 cm³/mol. The summed E-state index contributed by atoms with van der Waals surface area (Å²) in [5, 5.41) is 11.6. The zero-order chi connectivity index (χ0) is 38.5. The molecule has 0 aromatic heterocycles. The fourth-order valence-corrected chi connectivity index (χ4v) is 6.48. The number of nitrogens with zero attached hydrogens (tertiary/aromatic N) is 1. The Morgan fingerprint density at radius 3 is 1.38 bits per heavy atom. The highest BCUT2D eigenvalue weighted by atomic mass is 16.6. The standard InChI is InChI=1S/C44H83NO7/c1-6-8-10-12-14-16-17-18-19-20-21-22-23-24-25-26-27-29-31-33-35-43(47)52-40(38-50-37-36-41(44(48)49)45(3,4)5)39-51-42(46)34-32-30-28-15-13-11-9-7-2/h21-22,40-41H,6-20,23-39H2,1-5H3/b22-21+. The number of rotatable bonds is 39. The second-order valence-corrected chi connectivity index (χ2v) is 15.9. The number of ether oxygens (including phenoxy) is 3. The van der Waals surface area contributed by atoms with Crippen LogP contribution in [-0.2, 0) is 28.6 Å². The van der Waals surface area contributed by atoms with E-state index in [0.717, 1.165) is 38.5 Å². The average Bonchev–Trinajstić information content (AvgIpc) is 3.09. The SMILES string of the molecule is CCCCCCCCCCC/C=C/CCCCCCCCCC(=O)OC(COCCC(C(=O)[O-])[N+](C)(C)C)COC(=O)CCCCCCCCCC. The number of esters is 2. The van der Waals surface area contributed by atoms with Crippen LogP contribution in [0.1, 0.15) is 200 Å². The summed E-state index contributed by atoms with van der Waals surface area (Å²) in [6.45, 7) is 4.64. The Labute approximate surface area is 320 Å². The van der Waals surface area contributed by atoms with Crippen LogP contribution in [0.4, 0.5) is 0 Å². The maximum absolute atomic E-state index is 12.7. The van der Waals surface area contributed by atoms with Crippen molar-refractivity contribution >= 4 is 17.9 Å². The van der Waals surface area contributed by atoms with Crippen LogP contribution in [0.5, 0.6) is 0 Å². The van der Waals surface area contributed by atoms with E-state index in [2.05, 4.69) is 26.0 Å². The quantitative estimate of drug-likeness (QED) is 0.0268. The van der Waals surface area contributed by atoms with Gasteiger partial charge in [-0.15, -0.1) is 0 Å². The highest BCUT2D eigenvalue weighted by Gasteiger charge is 2.25. The second kappa shape index (κ2) is 36.1. The Hall–Kier alpha value is -1.93. The minimum Gasteiger partial charge on any atom is -0.544 e. The predicted octanol–water partition coefficient (Wildman–Crippen LogP) is 10.2. The number of unbranched alkanes of at least 4 members (excludes halogenated alkanes) is 23. The molecule has 0 N–H and O–H groups in total. The molecule has 2 unspecified atom stereocenters. The maximum Gasteiger partial charge on any atom is 0.306 e. The van der Waals surface area contributed by atoms with Crippen molar-refractivity contribution in [2.45, 2.75) is 212 Å². The van der Waals surface area contributed by atoms with Crippen LogP contribution in [0.25, 0.3) is 0 Å². The van der Waals surface area contributed by atoms with Gasteiger partial charge in [-0.2, -0.15) is 0 Å². The summed E-state index contributed by atoms with van der Waals surface area (Å²) in [7, 11) is 5.40. The van der Waals surface area contributed by atoms with E-state index in [-0.39, 0.29) is 42.7 Å². The number of aliphatic carboxylic acids is 1. The van der Waals surface area contributed by atoms with E-state index in [4.69, 9.17) is 14.2 Å². The molecular weight excluding hydrogens is 654 g/mol. The smallest absolute Gasteiger partial charge is 0.306 e. The lowest BCUT2D eigenvalue weighted by Crippen LogP contribution is -2.55. The van der Waals surface area contributed by atoms with Crippen LogP contribution < -0.4 is 5.11 Å². The van der Waals surface area contributed by atoms with Gasteiger partial charge in [-0.25, -0.2) is 0 Å². The molecule has 0 spiro atoms. The van der Waals surface area contributed by atoms with Gasteiger partial charge in [0.05, 0.1) is 40.3 Å². The Kier molecular flexibility index (Phi) is 34.7. The van der Waals surface area contributed by atoms with Gasteiger partial charge in [-0.3, -0.25) is 9.59 Å². The minimum atomic E-state index is -1.12. The molecule has 0 rings (SSSR count). The molecule has 0 saturated carbocycles. The number of quaternary nitrogens is 1. The van der Waals surface area contributed by atoms with Crippen LogP contribution in [0.2, 0.25) is 0 Å². The number of allylic oxidation sites excluding steroid dienone is 2. The monoisotopic (exact) mass is 738 g/mol. The maximum atomic E-state index is 12.7. The third kappa shape index (κ3) is 33.9. The number of carbonyl (C=O) groups excluding carboxylic acids is 3. The van der Waals surface area contributed by atoms with Crippen molar-refractivity contribution in [3.8, 4) is 0 Å². The van der Waals surface area contributed by atoms with Gasteiger partial charge in [-0.1, -0.05) is 154 Å². The van der Waals surface area contributed by atoms with Crippen molar-refractivity contribution < 1.29 is 38.2 Å². The number of carboxylic acids is 1. The van der Waals surface area contributed by atoms with Gasteiger partial charge >= 0.3 is 11.9 Å². The summed E-state index contributed by atoms with van der Waals surface area (Å²) >= 11 is 0. The van der Waals surface area contributed by atoms with Crippen molar-refractivity contribution in [3.05, 3.63) is 12.2 Å². The van der Waals surface area contributed by atoms with Gasteiger partial charge in [0.2, 0.25) is 0 Å². The topological polar surface area (TPSA) is 102 Å². The number of carbonyl (C=O) groups is 3. The molecule has 0 aliphatic rings. The first kappa shape index (κ1) is 50.1. The number of hydrogen-bond acceptors (Lipinski definition) is 7. The van der Waals surface area contributed by atoms with E-state index in [1.807, 2.05) is 0 Å². The molecule has 0 aliphatic carbocycles. The molecule has 0 heterocycles. The minimum absolute atomic E-state index is 0.0438. The lowest BCUT2D eigenvalue weighted by atomic mass is 10.1. The molecule has 0 aromatic rings. The second-order valence-electron chi connectivity index (χ2n) is 15.9. The molecular formula is C44H83NO7. The summed E-state index contributed by atoms with van der Waals surface area (Å²) in [6, 6.07) is -0.721. The number of likely N-dealkylation sites (N-methyl/N-ethyl adjacent to an activating group) is 1. The fourth-order valence-electron chi connectivity index (χ4n) is 6.48. The zero-order valence-electron chi connectivity index (χ0n) is 34.7. The Balaban J connectivity index is 4.23. The van der Waals surface area contributed by atoms with Gasteiger partial charge in [-0.05, 0) is 38.5 Å². The first-order valence-electron chi connectivity index (χ1n) is 21.7. The Morgan fingerprint density at radius 2 is 0.962 bits per heavy atom. The lowest BCUT2D eigenvalue weighted by Gasteiger charge is -2.34. The third-order valence-corrected chi connectivity index (χ3v) is 9.90. The van der Waals surface area contributed by atoms with Gasteiger partial charge in [0.1, 0.15) is 12.6 Å². The molecule has 0 amide bonds. The van der Waals surface area contributed by atoms with E-state index in [9.17, 15) is 19.5 Å². The molecule has 306 valence electrons. The summed E-state index contributed by atoms with van der Waals surface area (Å²) in [6.07, 6.45) is 36.7. The molecule has 0 aromatic carbocycles. The van der Waals surface area contributed by atoms with Gasteiger partial charge < -0.3 is 28.6 Å². The molecule has 8 heteroatoms. The highest BCUT2D eigenvalue weighted by molar-refractivity contribution is 5.70. The van der Waals surface area contributed by atoms with Crippen molar-refractivity contribution in [2.24, 2.45) is 0 Å². The summed E-state index contributed by atoms with van der Waals surface area (Å²) in [4.78, 5) is 36.7. The Morgan fingerprint density at radius 1 is 0.558 bits per heavy atom. The molecule has 0 bridgehead atoms. The number of hydrogen-bond donors (Lipinski definition) is 0. The van der Waals surface area contributed by atoms with Gasteiger partial charge in [0, 0.05) is 19.3 Å². The first-order chi connectivity index (χ1) is 25.1. The van der Waals surface area contributed by atoms with E-state index in [1.165, 1.54) is 128 Å². The molecule has 2 atom stereocenters. The molecule has 8 nitrogen and oxygen atoms in total. The Bertz CT molecular complexity index is 869. The van der Waals surface area contributed by atoms with Crippen molar-refractivity contribution in [3.63, 3.8) is 0 Å². The normalized spacial score (nSPS) is 13.0. The van der Waals surface area contributed by atoms with Gasteiger partial charge in [0.25, 0.3) is 0 Å². The summed E-state index contributed by atoms with van der Waals surface area (Å²) < 4.78 is 17.1. The van der Waals surface area contributed by atoms with Crippen molar-refractivity contribution in [1.29, 1.82) is 0 Å². The summed E-state index contributed by atoms with van der Waals surface area (Å²) in [5.74, 6) is -1.74. The fraction of sp³-hybridized carbons (Fsp3) is 0.886.